The van der Waals surface area contributed by atoms with Gasteiger partial charge in [0, 0.05) is 21.7 Å². The van der Waals surface area contributed by atoms with Crippen LogP contribution in [-0.4, -0.2) is 26.0 Å². The summed E-state index contributed by atoms with van der Waals surface area (Å²) in [5.74, 6) is 1.66. The van der Waals surface area contributed by atoms with E-state index in [2.05, 4.69) is 15.9 Å². The Morgan fingerprint density at radius 2 is 1.74 bits per heavy atom. The van der Waals surface area contributed by atoms with Crippen LogP contribution in [0.25, 0.3) is 6.08 Å². The van der Waals surface area contributed by atoms with Crippen molar-refractivity contribution in [3.8, 4) is 11.5 Å². The van der Waals surface area contributed by atoms with Gasteiger partial charge < -0.3 is 9.47 Å². The highest BCUT2D eigenvalue weighted by Gasteiger charge is 2.32. The summed E-state index contributed by atoms with van der Waals surface area (Å²) in [4.78, 5) is 19.8. The Morgan fingerprint density at radius 3 is 2.42 bits per heavy atom. The van der Waals surface area contributed by atoms with E-state index in [4.69, 9.17) is 14.5 Å². The van der Waals surface area contributed by atoms with E-state index >= 15 is 0 Å². The first-order valence-corrected chi connectivity index (χ1v) is 10.5. The second kappa shape index (κ2) is 8.78. The van der Waals surface area contributed by atoms with Crippen LogP contribution in [0.1, 0.15) is 16.7 Å². The van der Waals surface area contributed by atoms with E-state index in [1.807, 2.05) is 67.6 Å². The molecule has 1 aliphatic heterocycles. The van der Waals surface area contributed by atoms with Crippen molar-refractivity contribution in [1.82, 2.24) is 0 Å². The topological polar surface area (TPSA) is 51.1 Å². The number of aryl methyl sites for hydroxylation is 1. The zero-order valence-corrected chi connectivity index (χ0v) is 19.0. The standard InChI is InChI=1S/C25H21BrN2O3/c1-16-7-9-17(10-8-16)24-27-22(13-18-11-12-21(30-2)15-23(18)31-3)25(29)28(24)20-6-4-5-19(26)14-20/h4-15H,1-3H3/b22-13+. The monoisotopic (exact) mass is 476 g/mol. The van der Waals surface area contributed by atoms with E-state index in [-0.39, 0.29) is 5.91 Å². The van der Waals surface area contributed by atoms with Crippen LogP contribution in [0.3, 0.4) is 0 Å². The predicted molar refractivity (Wildman–Crippen MR) is 127 cm³/mol. The molecular formula is C25H21BrN2O3. The lowest BCUT2D eigenvalue weighted by Crippen LogP contribution is -2.32. The van der Waals surface area contributed by atoms with Gasteiger partial charge in [0.25, 0.3) is 5.91 Å². The lowest BCUT2D eigenvalue weighted by Gasteiger charge is -2.19. The van der Waals surface area contributed by atoms with Gasteiger partial charge >= 0.3 is 0 Å². The van der Waals surface area contributed by atoms with Crippen molar-refractivity contribution in [2.75, 3.05) is 19.1 Å². The number of carbonyl (C=O) groups is 1. The highest BCUT2D eigenvalue weighted by molar-refractivity contribution is 9.10. The third-order valence-corrected chi connectivity index (χ3v) is 5.46. The van der Waals surface area contributed by atoms with Gasteiger partial charge in [0.2, 0.25) is 0 Å². The van der Waals surface area contributed by atoms with Crippen LogP contribution in [0.5, 0.6) is 11.5 Å². The number of benzene rings is 3. The van der Waals surface area contributed by atoms with Crippen molar-refractivity contribution in [3.05, 3.63) is 93.6 Å². The SMILES string of the molecule is COc1ccc(/C=C2/N=C(c3ccc(C)cc3)N(c3cccc(Br)c3)C2=O)c(OC)c1. The molecule has 1 amide bonds. The number of hydrogen-bond acceptors (Lipinski definition) is 4. The zero-order valence-electron chi connectivity index (χ0n) is 17.4. The molecule has 4 rings (SSSR count). The molecule has 0 atom stereocenters. The number of methoxy groups -OCH3 is 2. The van der Waals surface area contributed by atoms with Crippen LogP contribution in [-0.2, 0) is 4.79 Å². The van der Waals surface area contributed by atoms with E-state index in [9.17, 15) is 4.79 Å². The molecule has 0 unspecified atom stereocenters. The lowest BCUT2D eigenvalue weighted by molar-refractivity contribution is -0.113. The molecule has 0 fully saturated rings. The number of nitrogens with zero attached hydrogens (tertiary/aromatic N) is 2. The molecule has 0 aliphatic carbocycles. The van der Waals surface area contributed by atoms with Crippen LogP contribution in [0.2, 0.25) is 0 Å². The minimum atomic E-state index is -0.202. The second-order valence-corrected chi connectivity index (χ2v) is 7.98. The van der Waals surface area contributed by atoms with Crippen molar-refractivity contribution < 1.29 is 14.3 Å². The summed E-state index contributed by atoms with van der Waals surface area (Å²) >= 11 is 3.50. The summed E-state index contributed by atoms with van der Waals surface area (Å²) in [5.41, 5.74) is 3.82. The van der Waals surface area contributed by atoms with Crippen molar-refractivity contribution >= 4 is 39.4 Å². The van der Waals surface area contributed by atoms with Gasteiger partial charge in [-0.2, -0.15) is 0 Å². The maximum Gasteiger partial charge on any atom is 0.282 e. The summed E-state index contributed by atoms with van der Waals surface area (Å²) in [6.45, 7) is 2.03. The van der Waals surface area contributed by atoms with Gasteiger partial charge in [-0.3, -0.25) is 9.69 Å². The molecule has 6 heteroatoms. The number of hydrogen-bond donors (Lipinski definition) is 0. The summed E-state index contributed by atoms with van der Waals surface area (Å²) in [5, 5.41) is 0. The summed E-state index contributed by atoms with van der Waals surface area (Å²) in [6, 6.07) is 21.0. The maximum absolute atomic E-state index is 13.5. The number of amidine groups is 1. The van der Waals surface area contributed by atoms with Crippen LogP contribution in [0.15, 0.2) is 81.9 Å². The van der Waals surface area contributed by atoms with Gasteiger partial charge in [0.1, 0.15) is 23.0 Å². The Bertz CT molecular complexity index is 1200. The van der Waals surface area contributed by atoms with Crippen LogP contribution in [0.4, 0.5) is 5.69 Å². The van der Waals surface area contributed by atoms with Gasteiger partial charge in [-0.05, 0) is 43.3 Å². The Balaban J connectivity index is 1.83. The molecule has 0 bridgehead atoms. The first-order chi connectivity index (χ1) is 15.0. The number of anilines is 1. The lowest BCUT2D eigenvalue weighted by atomic mass is 10.1. The Kier molecular flexibility index (Phi) is 5.91. The van der Waals surface area contributed by atoms with Crippen molar-refractivity contribution in [1.29, 1.82) is 0 Å². The van der Waals surface area contributed by atoms with Crippen molar-refractivity contribution in [3.63, 3.8) is 0 Å². The molecule has 0 spiro atoms. The van der Waals surface area contributed by atoms with Gasteiger partial charge in [-0.15, -0.1) is 0 Å². The minimum Gasteiger partial charge on any atom is -0.497 e. The first-order valence-electron chi connectivity index (χ1n) is 9.69. The third kappa shape index (κ3) is 4.25. The molecular weight excluding hydrogens is 456 g/mol. The van der Waals surface area contributed by atoms with Gasteiger partial charge in [0.05, 0.1) is 19.9 Å². The molecule has 0 saturated carbocycles. The third-order valence-electron chi connectivity index (χ3n) is 4.97. The average molecular weight is 477 g/mol. The van der Waals surface area contributed by atoms with Gasteiger partial charge in [0.15, 0.2) is 0 Å². The van der Waals surface area contributed by atoms with E-state index in [0.29, 0.717) is 23.0 Å². The molecule has 5 nitrogen and oxygen atoms in total. The number of aliphatic imine (C=N–C) groups is 1. The van der Waals surface area contributed by atoms with Crippen LogP contribution >= 0.6 is 15.9 Å². The molecule has 3 aromatic rings. The van der Waals surface area contributed by atoms with E-state index < -0.39 is 0 Å². The minimum absolute atomic E-state index is 0.202. The highest BCUT2D eigenvalue weighted by atomic mass is 79.9. The fourth-order valence-corrected chi connectivity index (χ4v) is 3.74. The molecule has 1 heterocycles. The number of halogens is 1. The molecule has 3 aromatic carbocycles. The van der Waals surface area contributed by atoms with E-state index in [1.165, 1.54) is 0 Å². The maximum atomic E-state index is 13.5. The van der Waals surface area contributed by atoms with Crippen molar-refractivity contribution in [2.45, 2.75) is 6.92 Å². The van der Waals surface area contributed by atoms with Gasteiger partial charge in [-0.25, -0.2) is 4.99 Å². The Labute approximate surface area is 189 Å². The predicted octanol–water partition coefficient (Wildman–Crippen LogP) is 5.61. The molecule has 0 radical (unpaired) electrons. The van der Waals surface area contributed by atoms with Crippen molar-refractivity contribution in [2.24, 2.45) is 4.99 Å². The summed E-state index contributed by atoms with van der Waals surface area (Å²) < 4.78 is 11.6. The van der Waals surface area contributed by atoms with E-state index in [1.54, 1.807) is 31.3 Å². The quantitative estimate of drug-likeness (QED) is 0.449. The number of ether oxygens (including phenoxy) is 2. The largest absolute Gasteiger partial charge is 0.497 e. The van der Waals surface area contributed by atoms with E-state index in [0.717, 1.165) is 26.9 Å². The summed E-state index contributed by atoms with van der Waals surface area (Å²) in [6.07, 6.45) is 1.74. The number of rotatable bonds is 5. The molecule has 1 aliphatic rings. The smallest absolute Gasteiger partial charge is 0.282 e. The fourth-order valence-electron chi connectivity index (χ4n) is 3.35. The fraction of sp³-hybridized carbons (Fsp3) is 0.120. The zero-order chi connectivity index (χ0) is 22.0. The number of amides is 1. The summed E-state index contributed by atoms with van der Waals surface area (Å²) in [7, 11) is 3.18. The van der Waals surface area contributed by atoms with Gasteiger partial charge in [-0.1, -0.05) is 51.8 Å². The molecule has 156 valence electrons. The molecule has 0 saturated heterocycles. The molecule has 0 aromatic heterocycles. The average Bonchev–Trinajstić information content (AvgIpc) is 3.10. The highest BCUT2D eigenvalue weighted by Crippen LogP contribution is 2.32. The first kappa shape index (κ1) is 20.9. The van der Waals surface area contributed by atoms with Crippen LogP contribution in [0, 0.1) is 6.92 Å². The molecule has 31 heavy (non-hydrogen) atoms. The molecule has 0 N–H and O–H groups in total. The number of carbonyl (C=O) groups excluding carboxylic acids is 1. The second-order valence-electron chi connectivity index (χ2n) is 7.06. The Hall–Kier alpha value is -3.38. The van der Waals surface area contributed by atoms with Crippen LogP contribution < -0.4 is 14.4 Å². The normalized spacial score (nSPS) is 14.7. The Morgan fingerprint density at radius 1 is 0.968 bits per heavy atom.